The maximum absolute atomic E-state index is 12.0. The van der Waals surface area contributed by atoms with E-state index in [1.165, 1.54) is 4.90 Å². The molecule has 4 N–H and O–H groups in total. The van der Waals surface area contributed by atoms with Gasteiger partial charge in [-0.25, -0.2) is 0 Å². The molecule has 270 valence electrons. The lowest BCUT2D eigenvalue weighted by Crippen LogP contribution is -2.67. The number of aliphatic hydroxyl groups is 4. The smallest absolute Gasteiger partial charge is 0.311 e. The Hall–Kier alpha value is -1.38. The second-order valence-corrected chi connectivity index (χ2v) is 16.1. The van der Waals surface area contributed by atoms with Crippen LogP contribution in [-0.4, -0.2) is 99.6 Å². The minimum Gasteiger partial charge on any atom is -0.432 e. The molecule has 2 saturated carbocycles. The summed E-state index contributed by atoms with van der Waals surface area (Å²) < 4.78 is 28.7. The fourth-order valence-electron chi connectivity index (χ4n) is 9.64. The van der Waals surface area contributed by atoms with Gasteiger partial charge in [0.1, 0.15) is 11.2 Å². The van der Waals surface area contributed by atoms with Crippen LogP contribution in [0.3, 0.4) is 0 Å². The molecular formula is C35H59NO11. The lowest BCUT2D eigenvalue weighted by atomic mass is 9.58. The van der Waals surface area contributed by atoms with Crippen molar-refractivity contribution in [2.45, 2.75) is 141 Å². The molecule has 4 heterocycles. The molecule has 6 aliphatic rings. The van der Waals surface area contributed by atoms with Crippen LogP contribution >= 0.6 is 0 Å². The molecule has 6 fully saturated rings. The molecule has 15 atom stereocenters. The van der Waals surface area contributed by atoms with Crippen molar-refractivity contribution in [3.8, 4) is 0 Å². The molecule has 2 aliphatic carbocycles. The third kappa shape index (κ3) is 6.87. The topological polar surface area (TPSA) is 164 Å². The third-order valence-electron chi connectivity index (χ3n) is 12.5. The van der Waals surface area contributed by atoms with E-state index in [-0.39, 0.29) is 60.4 Å². The Labute approximate surface area is 279 Å². The standard InChI is InChI=1S/C20H35NO6.C15H24O5/c1-12-6-7-15-13(2)17(25-11-9-16(22)21(4)5)26-18-20(15,24)14(12)8-10-19(3,23)27-18;1-8-4-5-11-9(2)12(16)19-13-15(11,18)10(8)6-7-14(3,17)20-13/h12-15,17-18,23-24H,6-11H2,1-5H3;8-11,13,17-18H,4-7H2,1-3H3/t12-,13-,14?,15?,17?,18-,19+,20-;8-,9-,10?,11?,13-,14+,15-/m11/s1. The molecule has 0 aromatic carbocycles. The van der Waals surface area contributed by atoms with Crippen molar-refractivity contribution in [1.82, 2.24) is 4.90 Å². The maximum Gasteiger partial charge on any atom is 0.311 e. The highest BCUT2D eigenvalue weighted by molar-refractivity contribution is 5.75. The lowest BCUT2D eigenvalue weighted by Gasteiger charge is -2.57. The SMILES string of the molecule is C[C@@H]1CCC2[C@@H](C)C(=O)O[C@@H]3O[C@](C)(O)CCC1[C@@]23O.C[C@H]1C(OCCC(=O)N(C)C)O[C@@H]2O[C@](C)(O)CCC3[C@H](C)CCC1[C@]32O. The van der Waals surface area contributed by atoms with Crippen LogP contribution in [0.2, 0.25) is 0 Å². The predicted octanol–water partition coefficient (Wildman–Crippen LogP) is 3.13. The zero-order chi connectivity index (χ0) is 34.7. The van der Waals surface area contributed by atoms with Crippen LogP contribution in [-0.2, 0) is 33.3 Å². The fraction of sp³-hybridized carbons (Fsp3) is 0.943. The highest BCUT2D eigenvalue weighted by atomic mass is 16.8. The molecule has 4 saturated heterocycles. The summed E-state index contributed by atoms with van der Waals surface area (Å²) in [5.41, 5.74) is -2.30. The zero-order valence-corrected chi connectivity index (χ0v) is 29.5. The summed E-state index contributed by atoms with van der Waals surface area (Å²) in [4.78, 5) is 25.3. The lowest BCUT2D eigenvalue weighted by molar-refractivity contribution is -0.408. The van der Waals surface area contributed by atoms with Gasteiger partial charge in [0.2, 0.25) is 12.2 Å². The van der Waals surface area contributed by atoms with E-state index < -0.39 is 41.6 Å². The Kier molecular flexibility index (Phi) is 10.5. The van der Waals surface area contributed by atoms with E-state index in [9.17, 15) is 30.0 Å². The average molecular weight is 670 g/mol. The number of amides is 1. The average Bonchev–Trinajstić information content (AvgIpc) is 3.15. The molecule has 0 spiro atoms. The van der Waals surface area contributed by atoms with Gasteiger partial charge in [0, 0.05) is 44.7 Å². The second kappa shape index (κ2) is 13.4. The minimum atomic E-state index is -1.36. The van der Waals surface area contributed by atoms with Gasteiger partial charge in [-0.3, -0.25) is 9.59 Å². The van der Waals surface area contributed by atoms with Crippen molar-refractivity contribution in [2.75, 3.05) is 20.7 Å². The monoisotopic (exact) mass is 669 g/mol. The van der Waals surface area contributed by atoms with E-state index in [4.69, 9.17) is 23.7 Å². The van der Waals surface area contributed by atoms with Gasteiger partial charge in [-0.05, 0) is 76.0 Å². The normalized spacial score (nSPS) is 50.7. The fourth-order valence-corrected chi connectivity index (χ4v) is 9.64. The Morgan fingerprint density at radius 3 is 1.85 bits per heavy atom. The van der Waals surface area contributed by atoms with Crippen LogP contribution < -0.4 is 0 Å². The van der Waals surface area contributed by atoms with E-state index in [0.717, 1.165) is 25.7 Å². The first-order valence-corrected chi connectivity index (χ1v) is 17.7. The van der Waals surface area contributed by atoms with Crippen LogP contribution in [0, 0.1) is 47.3 Å². The molecule has 12 nitrogen and oxygen atoms in total. The Morgan fingerprint density at radius 1 is 0.787 bits per heavy atom. The molecule has 0 radical (unpaired) electrons. The van der Waals surface area contributed by atoms with Gasteiger partial charge in [0.25, 0.3) is 0 Å². The molecule has 1 amide bonds. The number of ether oxygens (including phenoxy) is 5. The Morgan fingerprint density at radius 2 is 1.30 bits per heavy atom. The second-order valence-electron chi connectivity index (χ2n) is 16.1. The van der Waals surface area contributed by atoms with Gasteiger partial charge in [-0.1, -0.05) is 27.7 Å². The van der Waals surface area contributed by atoms with Crippen molar-refractivity contribution >= 4 is 11.9 Å². The van der Waals surface area contributed by atoms with Crippen LogP contribution in [0.5, 0.6) is 0 Å². The molecule has 47 heavy (non-hydrogen) atoms. The summed E-state index contributed by atoms with van der Waals surface area (Å²) in [5.74, 6) is -2.87. The van der Waals surface area contributed by atoms with Gasteiger partial charge in [0.15, 0.2) is 24.2 Å². The summed E-state index contributed by atoms with van der Waals surface area (Å²) in [7, 11) is 3.43. The minimum absolute atomic E-state index is 0.00391. The summed E-state index contributed by atoms with van der Waals surface area (Å²) in [6.07, 6.45) is 3.71. The summed E-state index contributed by atoms with van der Waals surface area (Å²) >= 11 is 0. The van der Waals surface area contributed by atoms with Gasteiger partial charge < -0.3 is 49.0 Å². The summed E-state index contributed by atoms with van der Waals surface area (Å²) in [6.45, 7) is 11.6. The molecule has 5 unspecified atom stereocenters. The molecule has 0 aromatic heterocycles. The van der Waals surface area contributed by atoms with Gasteiger partial charge in [-0.2, -0.15) is 0 Å². The van der Waals surface area contributed by atoms with E-state index in [1.54, 1.807) is 27.9 Å². The van der Waals surface area contributed by atoms with Crippen molar-refractivity contribution in [2.24, 2.45) is 47.3 Å². The molecule has 6 rings (SSSR count). The Balaban J connectivity index is 0.000000193. The Bertz CT molecular complexity index is 1150. The van der Waals surface area contributed by atoms with Crippen LogP contribution in [0.4, 0.5) is 0 Å². The first kappa shape index (κ1) is 36.9. The number of nitrogens with zero attached hydrogens (tertiary/aromatic N) is 1. The van der Waals surface area contributed by atoms with E-state index in [2.05, 4.69) is 13.8 Å². The van der Waals surface area contributed by atoms with E-state index in [0.29, 0.717) is 37.5 Å². The highest BCUT2D eigenvalue weighted by Crippen LogP contribution is 2.56. The number of carbonyl (C=O) groups is 2. The number of rotatable bonds is 4. The van der Waals surface area contributed by atoms with Crippen molar-refractivity contribution < 1.29 is 53.7 Å². The largest absolute Gasteiger partial charge is 0.432 e. The number of hydrogen-bond donors (Lipinski definition) is 4. The van der Waals surface area contributed by atoms with Crippen LogP contribution in [0.15, 0.2) is 0 Å². The van der Waals surface area contributed by atoms with Gasteiger partial charge in [0.05, 0.1) is 18.9 Å². The van der Waals surface area contributed by atoms with Crippen LogP contribution in [0.25, 0.3) is 0 Å². The zero-order valence-electron chi connectivity index (χ0n) is 29.5. The maximum atomic E-state index is 12.0. The van der Waals surface area contributed by atoms with Crippen molar-refractivity contribution in [3.63, 3.8) is 0 Å². The summed E-state index contributed by atoms with van der Waals surface area (Å²) in [6, 6.07) is 0. The number of carbonyl (C=O) groups excluding carboxylic acids is 2. The van der Waals surface area contributed by atoms with E-state index in [1.807, 2.05) is 13.8 Å². The molecule has 12 heteroatoms. The van der Waals surface area contributed by atoms with Crippen molar-refractivity contribution in [3.05, 3.63) is 0 Å². The van der Waals surface area contributed by atoms with Gasteiger partial charge >= 0.3 is 5.97 Å². The van der Waals surface area contributed by atoms with E-state index >= 15 is 0 Å². The van der Waals surface area contributed by atoms with Gasteiger partial charge in [-0.15, -0.1) is 0 Å². The first-order valence-electron chi connectivity index (χ1n) is 17.7. The number of esters is 1. The molecular weight excluding hydrogens is 610 g/mol. The molecule has 4 aliphatic heterocycles. The molecule has 0 bridgehead atoms. The predicted molar refractivity (Wildman–Crippen MR) is 169 cm³/mol. The van der Waals surface area contributed by atoms with Crippen molar-refractivity contribution in [1.29, 1.82) is 0 Å². The van der Waals surface area contributed by atoms with Crippen LogP contribution in [0.1, 0.15) is 99.3 Å². The quantitative estimate of drug-likeness (QED) is 0.325. The summed E-state index contributed by atoms with van der Waals surface area (Å²) in [5, 5.41) is 43.9. The first-order chi connectivity index (χ1) is 21.8. The molecule has 0 aromatic rings. The third-order valence-corrected chi connectivity index (χ3v) is 12.5. The highest BCUT2D eigenvalue weighted by Gasteiger charge is 2.65. The number of hydrogen-bond acceptors (Lipinski definition) is 11.